The van der Waals surface area contributed by atoms with E-state index >= 15 is 0 Å². The Kier molecular flexibility index (Phi) is 5.14. The Balaban J connectivity index is 2.67. The summed E-state index contributed by atoms with van der Waals surface area (Å²) < 4.78 is 0. The Morgan fingerprint density at radius 2 is 1.50 bits per heavy atom. The zero-order chi connectivity index (χ0) is 13.8. The third kappa shape index (κ3) is 2.83. The van der Waals surface area contributed by atoms with Crippen molar-refractivity contribution < 1.29 is 9.59 Å². The van der Waals surface area contributed by atoms with Gasteiger partial charge in [-0.2, -0.15) is 0 Å². The number of carbonyl (C=O) groups excluding carboxylic acids is 2. The number of carbonyl (C=O) groups is 2. The summed E-state index contributed by atoms with van der Waals surface area (Å²) in [5.41, 5.74) is 5.38. The lowest BCUT2D eigenvalue weighted by atomic mass is 9.81. The van der Waals surface area contributed by atoms with Crippen molar-refractivity contribution in [3.8, 4) is 0 Å². The molecule has 0 aliphatic carbocycles. The molecule has 5 heteroatoms. The molecule has 0 spiro atoms. The zero-order valence-electron chi connectivity index (χ0n) is 11.7. The minimum absolute atomic E-state index is 0.0816. The molecule has 1 saturated heterocycles. The van der Waals surface area contributed by atoms with Crippen LogP contribution in [0, 0.1) is 5.41 Å². The molecule has 0 aromatic carbocycles. The number of rotatable bonds is 4. The van der Waals surface area contributed by atoms with E-state index in [1.165, 1.54) is 0 Å². The third-order valence-corrected chi connectivity index (χ3v) is 4.21. The van der Waals surface area contributed by atoms with E-state index in [0.29, 0.717) is 32.7 Å². The van der Waals surface area contributed by atoms with Crippen LogP contribution in [-0.2, 0) is 9.59 Å². The SMILES string of the molecule is CCC(CC)(CN)C(=O)N1CCN(C(C)=O)CC1. The number of piperazine rings is 1. The molecule has 5 nitrogen and oxygen atoms in total. The lowest BCUT2D eigenvalue weighted by Gasteiger charge is -2.40. The van der Waals surface area contributed by atoms with E-state index in [9.17, 15) is 9.59 Å². The van der Waals surface area contributed by atoms with Crippen LogP contribution in [0.2, 0.25) is 0 Å². The van der Waals surface area contributed by atoms with Gasteiger partial charge in [0, 0.05) is 39.6 Å². The number of hydrogen-bond donors (Lipinski definition) is 1. The highest BCUT2D eigenvalue weighted by Gasteiger charge is 2.37. The number of nitrogens with zero attached hydrogens (tertiary/aromatic N) is 2. The van der Waals surface area contributed by atoms with E-state index in [1.807, 2.05) is 18.7 Å². The van der Waals surface area contributed by atoms with Crippen molar-refractivity contribution in [2.45, 2.75) is 33.6 Å². The Bertz CT molecular complexity index is 297. The molecule has 1 fully saturated rings. The van der Waals surface area contributed by atoms with Crippen molar-refractivity contribution in [2.75, 3.05) is 32.7 Å². The normalized spacial score (nSPS) is 16.9. The molecule has 0 saturated carbocycles. The lowest BCUT2D eigenvalue weighted by Crippen LogP contribution is -2.55. The quantitative estimate of drug-likeness (QED) is 0.793. The first-order chi connectivity index (χ1) is 8.50. The Morgan fingerprint density at radius 3 is 1.83 bits per heavy atom. The maximum atomic E-state index is 12.5. The van der Waals surface area contributed by atoms with E-state index in [4.69, 9.17) is 5.73 Å². The van der Waals surface area contributed by atoms with Crippen LogP contribution in [0.5, 0.6) is 0 Å². The molecule has 2 amide bonds. The highest BCUT2D eigenvalue weighted by atomic mass is 16.2. The molecule has 0 bridgehead atoms. The maximum Gasteiger partial charge on any atom is 0.230 e. The molecule has 1 aliphatic heterocycles. The van der Waals surface area contributed by atoms with E-state index < -0.39 is 5.41 Å². The van der Waals surface area contributed by atoms with Gasteiger partial charge in [0.15, 0.2) is 0 Å². The van der Waals surface area contributed by atoms with Gasteiger partial charge in [-0.3, -0.25) is 9.59 Å². The van der Waals surface area contributed by atoms with Crippen molar-refractivity contribution in [1.29, 1.82) is 0 Å². The lowest BCUT2D eigenvalue weighted by molar-refractivity contribution is -0.146. The van der Waals surface area contributed by atoms with Gasteiger partial charge in [0.2, 0.25) is 11.8 Å². The van der Waals surface area contributed by atoms with Crippen molar-refractivity contribution in [1.82, 2.24) is 9.80 Å². The van der Waals surface area contributed by atoms with Gasteiger partial charge in [-0.1, -0.05) is 13.8 Å². The second-order valence-electron chi connectivity index (χ2n) is 4.99. The average molecular weight is 255 g/mol. The highest BCUT2D eigenvalue weighted by Crippen LogP contribution is 2.28. The van der Waals surface area contributed by atoms with Crippen molar-refractivity contribution >= 4 is 11.8 Å². The van der Waals surface area contributed by atoms with Gasteiger partial charge < -0.3 is 15.5 Å². The summed E-state index contributed by atoms with van der Waals surface area (Å²) in [5, 5.41) is 0. The smallest absolute Gasteiger partial charge is 0.230 e. The molecular formula is C13H25N3O2. The van der Waals surface area contributed by atoms with Crippen LogP contribution in [0.25, 0.3) is 0 Å². The van der Waals surface area contributed by atoms with Crippen LogP contribution in [0.3, 0.4) is 0 Å². The molecule has 0 aromatic heterocycles. The Labute approximate surface area is 109 Å². The number of hydrogen-bond acceptors (Lipinski definition) is 3. The Morgan fingerprint density at radius 1 is 1.06 bits per heavy atom. The molecule has 1 aliphatic rings. The van der Waals surface area contributed by atoms with Gasteiger partial charge >= 0.3 is 0 Å². The van der Waals surface area contributed by atoms with Crippen molar-refractivity contribution in [3.05, 3.63) is 0 Å². The second-order valence-corrected chi connectivity index (χ2v) is 4.99. The maximum absolute atomic E-state index is 12.5. The summed E-state index contributed by atoms with van der Waals surface area (Å²) in [4.78, 5) is 27.4. The van der Waals surface area contributed by atoms with Crippen molar-refractivity contribution in [3.63, 3.8) is 0 Å². The van der Waals surface area contributed by atoms with Gasteiger partial charge in [0.1, 0.15) is 0 Å². The summed E-state index contributed by atoms with van der Waals surface area (Å²) in [6.07, 6.45) is 1.54. The third-order valence-electron chi connectivity index (χ3n) is 4.21. The minimum Gasteiger partial charge on any atom is -0.339 e. The summed E-state index contributed by atoms with van der Waals surface area (Å²) in [5.74, 6) is 0.233. The van der Waals surface area contributed by atoms with Crippen LogP contribution < -0.4 is 5.73 Å². The fourth-order valence-electron chi connectivity index (χ4n) is 2.49. The first-order valence-electron chi connectivity index (χ1n) is 6.75. The molecule has 104 valence electrons. The standard InChI is InChI=1S/C13H25N3O2/c1-4-13(5-2,10-14)12(18)16-8-6-15(7-9-16)11(3)17/h4-10,14H2,1-3H3. The molecule has 0 atom stereocenters. The van der Waals surface area contributed by atoms with Crippen molar-refractivity contribution in [2.24, 2.45) is 11.1 Å². The molecule has 0 radical (unpaired) electrons. The molecule has 2 N–H and O–H groups in total. The van der Waals surface area contributed by atoms with Gasteiger partial charge in [0.25, 0.3) is 0 Å². The largest absolute Gasteiger partial charge is 0.339 e. The molecule has 1 rings (SSSR count). The van der Waals surface area contributed by atoms with E-state index in [0.717, 1.165) is 12.8 Å². The average Bonchev–Trinajstić information content (AvgIpc) is 2.41. The van der Waals surface area contributed by atoms with Crippen LogP contribution in [0.1, 0.15) is 33.6 Å². The van der Waals surface area contributed by atoms with Gasteiger partial charge in [-0.15, -0.1) is 0 Å². The summed E-state index contributed by atoms with van der Waals surface area (Å²) in [6.45, 7) is 8.51. The van der Waals surface area contributed by atoms with E-state index in [-0.39, 0.29) is 11.8 Å². The molecule has 0 aromatic rings. The van der Waals surface area contributed by atoms with Gasteiger partial charge in [-0.05, 0) is 12.8 Å². The number of amides is 2. The van der Waals surface area contributed by atoms with Gasteiger partial charge in [0.05, 0.1) is 5.41 Å². The first kappa shape index (κ1) is 15.0. The molecule has 18 heavy (non-hydrogen) atoms. The molecular weight excluding hydrogens is 230 g/mol. The Hall–Kier alpha value is -1.10. The number of nitrogens with two attached hydrogens (primary N) is 1. The monoisotopic (exact) mass is 255 g/mol. The van der Waals surface area contributed by atoms with E-state index in [2.05, 4.69) is 0 Å². The fraction of sp³-hybridized carbons (Fsp3) is 0.846. The highest BCUT2D eigenvalue weighted by molar-refractivity contribution is 5.83. The fourth-order valence-corrected chi connectivity index (χ4v) is 2.49. The molecule has 1 heterocycles. The summed E-state index contributed by atoms with van der Waals surface area (Å²) in [6, 6.07) is 0. The van der Waals surface area contributed by atoms with Crippen LogP contribution in [-0.4, -0.2) is 54.3 Å². The van der Waals surface area contributed by atoms with Gasteiger partial charge in [-0.25, -0.2) is 0 Å². The molecule has 0 unspecified atom stereocenters. The zero-order valence-corrected chi connectivity index (χ0v) is 11.7. The predicted octanol–water partition coefficient (Wildman–Crippen LogP) is 0.442. The van der Waals surface area contributed by atoms with Crippen LogP contribution >= 0.6 is 0 Å². The van der Waals surface area contributed by atoms with E-state index in [1.54, 1.807) is 11.8 Å². The topological polar surface area (TPSA) is 66.6 Å². The summed E-state index contributed by atoms with van der Waals surface area (Å²) >= 11 is 0. The first-order valence-corrected chi connectivity index (χ1v) is 6.75. The van der Waals surface area contributed by atoms with Crippen LogP contribution in [0.4, 0.5) is 0 Å². The summed E-state index contributed by atoms with van der Waals surface area (Å²) in [7, 11) is 0. The predicted molar refractivity (Wildman–Crippen MR) is 70.9 cm³/mol. The van der Waals surface area contributed by atoms with Crippen LogP contribution in [0.15, 0.2) is 0 Å². The second kappa shape index (κ2) is 6.18. The minimum atomic E-state index is -0.418.